The zero-order valence-electron chi connectivity index (χ0n) is 10.9. The van der Waals surface area contributed by atoms with E-state index in [4.69, 9.17) is 4.74 Å². The Labute approximate surface area is 114 Å². The highest BCUT2D eigenvalue weighted by Gasteiger charge is 2.17. The van der Waals surface area contributed by atoms with Gasteiger partial charge in [-0.2, -0.15) is 0 Å². The van der Waals surface area contributed by atoms with Crippen molar-refractivity contribution in [1.29, 1.82) is 0 Å². The molecule has 0 spiro atoms. The summed E-state index contributed by atoms with van der Waals surface area (Å²) in [7, 11) is 0. The van der Waals surface area contributed by atoms with E-state index in [1.807, 2.05) is 26.0 Å². The van der Waals surface area contributed by atoms with E-state index in [-0.39, 0.29) is 24.3 Å². The third-order valence-electron chi connectivity index (χ3n) is 3.13. The summed E-state index contributed by atoms with van der Waals surface area (Å²) >= 11 is 0. The summed E-state index contributed by atoms with van der Waals surface area (Å²) in [5.74, 6) is 0.652. The third-order valence-corrected chi connectivity index (χ3v) is 3.13. The third kappa shape index (κ3) is 3.85. The van der Waals surface area contributed by atoms with E-state index in [1.54, 1.807) is 0 Å². The maximum Gasteiger partial charge on any atom is 0.165 e. The van der Waals surface area contributed by atoms with Gasteiger partial charge in [-0.25, -0.2) is 4.39 Å². The molecule has 0 unspecified atom stereocenters. The highest BCUT2D eigenvalue weighted by atomic mass is 35.5. The van der Waals surface area contributed by atoms with Crippen LogP contribution in [-0.2, 0) is 0 Å². The van der Waals surface area contributed by atoms with E-state index in [0.29, 0.717) is 11.7 Å². The predicted molar refractivity (Wildman–Crippen MR) is 74.3 cm³/mol. The Morgan fingerprint density at radius 2 is 1.94 bits per heavy atom. The van der Waals surface area contributed by atoms with Gasteiger partial charge in [0.25, 0.3) is 0 Å². The number of rotatable bonds is 3. The topological polar surface area (TPSA) is 21.3 Å². The number of nitrogens with one attached hydrogen (secondary N) is 1. The van der Waals surface area contributed by atoms with Gasteiger partial charge in [0, 0.05) is 0 Å². The number of halogens is 2. The fourth-order valence-corrected chi connectivity index (χ4v) is 2.27. The van der Waals surface area contributed by atoms with E-state index in [9.17, 15) is 4.39 Å². The van der Waals surface area contributed by atoms with Gasteiger partial charge in [0.2, 0.25) is 0 Å². The molecule has 1 aromatic rings. The fourth-order valence-electron chi connectivity index (χ4n) is 2.27. The molecule has 1 fully saturated rings. The Balaban J connectivity index is 0.00000162. The van der Waals surface area contributed by atoms with Crippen molar-refractivity contribution in [2.24, 2.45) is 0 Å². The Hall–Kier alpha value is -0.800. The fraction of sp³-hybridized carbons (Fsp3) is 0.571. The van der Waals surface area contributed by atoms with Crippen LogP contribution < -0.4 is 10.1 Å². The maximum atomic E-state index is 13.6. The lowest BCUT2D eigenvalue weighted by molar-refractivity contribution is 0.230. The maximum absolute atomic E-state index is 13.6. The van der Waals surface area contributed by atoms with Crippen molar-refractivity contribution < 1.29 is 9.13 Å². The number of hydrogen-bond acceptors (Lipinski definition) is 2. The van der Waals surface area contributed by atoms with Gasteiger partial charge >= 0.3 is 0 Å². The summed E-state index contributed by atoms with van der Waals surface area (Å²) in [6.45, 7) is 5.91. The molecule has 1 N–H and O–H groups in total. The molecule has 1 saturated heterocycles. The van der Waals surface area contributed by atoms with Gasteiger partial charge in [0.15, 0.2) is 11.6 Å². The normalized spacial score (nSPS) is 16.4. The Morgan fingerprint density at radius 1 is 1.28 bits per heavy atom. The average molecular weight is 274 g/mol. The van der Waals surface area contributed by atoms with Crippen molar-refractivity contribution in [3.05, 3.63) is 29.6 Å². The molecule has 0 saturated carbocycles. The van der Waals surface area contributed by atoms with Crippen molar-refractivity contribution in [3.63, 3.8) is 0 Å². The van der Waals surface area contributed by atoms with E-state index < -0.39 is 0 Å². The molecule has 4 heteroatoms. The van der Waals surface area contributed by atoms with E-state index in [2.05, 4.69) is 5.32 Å². The standard InChI is InChI=1S/C14H20FNO.ClH/c1-10(2)17-14-9-12(3-4-13(14)15)11-5-7-16-8-6-11;/h3-4,9-11,16H,5-8H2,1-2H3;1H. The van der Waals surface area contributed by atoms with Crippen LogP contribution in [0.2, 0.25) is 0 Å². The van der Waals surface area contributed by atoms with E-state index >= 15 is 0 Å². The van der Waals surface area contributed by atoms with Crippen LogP contribution in [0.5, 0.6) is 5.75 Å². The zero-order valence-corrected chi connectivity index (χ0v) is 11.7. The summed E-state index contributed by atoms with van der Waals surface area (Å²) in [4.78, 5) is 0. The molecule has 0 aromatic heterocycles. The summed E-state index contributed by atoms with van der Waals surface area (Å²) < 4.78 is 19.0. The van der Waals surface area contributed by atoms with Gasteiger partial charge in [-0.15, -0.1) is 12.4 Å². The second kappa shape index (κ2) is 6.95. The molecule has 0 bridgehead atoms. The molecule has 2 nitrogen and oxygen atoms in total. The van der Waals surface area contributed by atoms with Gasteiger partial charge in [0.1, 0.15) is 0 Å². The van der Waals surface area contributed by atoms with E-state index in [1.165, 1.54) is 11.6 Å². The summed E-state index contributed by atoms with van der Waals surface area (Å²) in [6.07, 6.45) is 2.24. The molecule has 18 heavy (non-hydrogen) atoms. The smallest absolute Gasteiger partial charge is 0.165 e. The van der Waals surface area contributed by atoms with Gasteiger partial charge in [0.05, 0.1) is 6.10 Å². The van der Waals surface area contributed by atoms with Crippen molar-refractivity contribution in [3.8, 4) is 5.75 Å². The lowest BCUT2D eigenvalue weighted by atomic mass is 9.90. The lowest BCUT2D eigenvalue weighted by Gasteiger charge is -2.23. The zero-order chi connectivity index (χ0) is 12.3. The minimum Gasteiger partial charge on any atom is -0.488 e. The molecule has 0 aliphatic carbocycles. The number of ether oxygens (including phenoxy) is 1. The van der Waals surface area contributed by atoms with Crippen molar-refractivity contribution in [1.82, 2.24) is 5.32 Å². The first-order chi connectivity index (χ1) is 8.16. The minimum absolute atomic E-state index is 0. The highest BCUT2D eigenvalue weighted by Crippen LogP contribution is 2.29. The lowest BCUT2D eigenvalue weighted by Crippen LogP contribution is -2.26. The van der Waals surface area contributed by atoms with Gasteiger partial charge in [-0.3, -0.25) is 0 Å². The second-order valence-corrected chi connectivity index (χ2v) is 4.88. The molecule has 1 heterocycles. The van der Waals surface area contributed by atoms with Crippen LogP contribution in [0, 0.1) is 5.82 Å². The molecule has 102 valence electrons. The second-order valence-electron chi connectivity index (χ2n) is 4.88. The van der Waals surface area contributed by atoms with Gasteiger partial charge < -0.3 is 10.1 Å². The van der Waals surface area contributed by atoms with Gasteiger partial charge in [-0.1, -0.05) is 6.07 Å². The average Bonchev–Trinajstić information content (AvgIpc) is 2.32. The molecule has 0 atom stereocenters. The first-order valence-electron chi connectivity index (χ1n) is 6.33. The first-order valence-corrected chi connectivity index (χ1v) is 6.33. The summed E-state index contributed by atoms with van der Waals surface area (Å²) in [6, 6.07) is 5.28. The molecule has 1 aliphatic heterocycles. The van der Waals surface area contributed by atoms with Crippen LogP contribution in [0.4, 0.5) is 4.39 Å². The monoisotopic (exact) mass is 273 g/mol. The summed E-state index contributed by atoms with van der Waals surface area (Å²) in [5, 5.41) is 3.34. The Morgan fingerprint density at radius 3 is 2.56 bits per heavy atom. The largest absolute Gasteiger partial charge is 0.488 e. The van der Waals surface area contributed by atoms with Gasteiger partial charge in [-0.05, 0) is 63.4 Å². The number of piperidine rings is 1. The predicted octanol–water partition coefficient (Wildman–Crippen LogP) is 3.50. The Kier molecular flexibility index (Phi) is 5.89. The van der Waals surface area contributed by atoms with Crippen molar-refractivity contribution in [2.75, 3.05) is 13.1 Å². The molecule has 0 radical (unpaired) electrons. The SMILES string of the molecule is CC(C)Oc1cc(C2CCNCC2)ccc1F.Cl. The molecule has 2 rings (SSSR count). The molecule has 1 aliphatic rings. The molecule has 0 amide bonds. The van der Waals surface area contributed by atoms with Crippen LogP contribution in [0.25, 0.3) is 0 Å². The first kappa shape index (κ1) is 15.3. The van der Waals surface area contributed by atoms with Crippen molar-refractivity contribution >= 4 is 12.4 Å². The quantitative estimate of drug-likeness (QED) is 0.910. The van der Waals surface area contributed by atoms with Crippen molar-refractivity contribution in [2.45, 2.75) is 38.7 Å². The minimum atomic E-state index is -0.267. The van der Waals surface area contributed by atoms with Crippen LogP contribution >= 0.6 is 12.4 Å². The molecular weight excluding hydrogens is 253 g/mol. The van der Waals surface area contributed by atoms with Crippen LogP contribution in [0.15, 0.2) is 18.2 Å². The Bertz CT molecular complexity index is 378. The van der Waals surface area contributed by atoms with E-state index in [0.717, 1.165) is 25.9 Å². The highest BCUT2D eigenvalue weighted by molar-refractivity contribution is 5.85. The molecular formula is C14H21ClFNO. The van der Waals surface area contributed by atoms with Crippen LogP contribution in [-0.4, -0.2) is 19.2 Å². The van der Waals surface area contributed by atoms with Crippen LogP contribution in [0.3, 0.4) is 0 Å². The number of benzene rings is 1. The number of hydrogen-bond donors (Lipinski definition) is 1. The van der Waals surface area contributed by atoms with Crippen LogP contribution in [0.1, 0.15) is 38.2 Å². The summed E-state index contributed by atoms with van der Waals surface area (Å²) in [5.41, 5.74) is 1.20. The molecule has 1 aromatic carbocycles.